The van der Waals surface area contributed by atoms with Gasteiger partial charge < -0.3 is 38.1 Å². The molecule has 3 aliphatic carbocycles. The Morgan fingerprint density at radius 3 is 1.01 bits per heavy atom. The Labute approximate surface area is 648 Å². The van der Waals surface area contributed by atoms with Gasteiger partial charge in [0.2, 0.25) is 0 Å². The molecule has 0 bridgehead atoms. The Hall–Kier alpha value is -8.03. The molecule has 0 spiro atoms. The summed E-state index contributed by atoms with van der Waals surface area (Å²) in [6.45, 7) is 37.8. The van der Waals surface area contributed by atoms with Crippen molar-refractivity contribution in [3.8, 4) is 22.3 Å². The summed E-state index contributed by atoms with van der Waals surface area (Å²) in [7, 11) is 2.04. The molecular formula is C87H109BF9N3O11. The number of aliphatic carboxylic acids is 1. The van der Waals surface area contributed by atoms with Gasteiger partial charge in [0, 0.05) is 53.9 Å². The van der Waals surface area contributed by atoms with E-state index in [4.69, 9.17) is 33.0 Å². The number of hydrogen-bond acceptors (Lipinski definition) is 13. The number of aromatic nitrogens is 3. The quantitative estimate of drug-likeness (QED) is 0.0584. The third-order valence-electron chi connectivity index (χ3n) is 20.2. The van der Waals surface area contributed by atoms with Crippen LogP contribution in [0.4, 0.5) is 39.5 Å². The van der Waals surface area contributed by atoms with Gasteiger partial charge in [-0.2, -0.15) is 39.5 Å². The lowest BCUT2D eigenvalue weighted by atomic mass is 9.74. The molecule has 3 unspecified atom stereocenters. The molecule has 1 N–H and O–H groups in total. The van der Waals surface area contributed by atoms with Gasteiger partial charge >= 0.3 is 43.6 Å². The number of pyridine rings is 3. The third-order valence-corrected chi connectivity index (χ3v) is 20.2. The van der Waals surface area contributed by atoms with E-state index in [0.29, 0.717) is 75.8 Å². The number of rotatable bonds is 15. The zero-order chi connectivity index (χ0) is 83.2. The Bertz CT molecular complexity index is 4320. The van der Waals surface area contributed by atoms with Crippen molar-refractivity contribution in [3.05, 3.63) is 184 Å². The van der Waals surface area contributed by atoms with E-state index in [2.05, 4.69) is 56.5 Å². The number of methoxy groups -OCH3 is 2. The fraction of sp³-hybridized carbons (Fsp3) is 0.517. The predicted octanol–water partition coefficient (Wildman–Crippen LogP) is 22.7. The van der Waals surface area contributed by atoms with Crippen LogP contribution < -0.4 is 5.46 Å². The average Bonchev–Trinajstić information content (AvgIpc) is 1.60. The van der Waals surface area contributed by atoms with Gasteiger partial charge in [0.15, 0.2) is 18.3 Å². The highest BCUT2D eigenvalue weighted by atomic mass is 19.4. The van der Waals surface area contributed by atoms with Crippen LogP contribution in [0.25, 0.3) is 39.0 Å². The van der Waals surface area contributed by atoms with Crippen molar-refractivity contribution in [1.29, 1.82) is 0 Å². The zero-order valence-corrected chi connectivity index (χ0v) is 68.1. The van der Waals surface area contributed by atoms with Gasteiger partial charge in [0.05, 0.1) is 58.9 Å². The van der Waals surface area contributed by atoms with E-state index in [1.165, 1.54) is 18.2 Å². The molecule has 0 amide bonds. The second-order valence-electron chi connectivity index (χ2n) is 35.0. The Kier molecular flexibility index (Phi) is 28.2. The summed E-state index contributed by atoms with van der Waals surface area (Å²) < 4.78 is 167. The number of carboxylic acids is 1. The van der Waals surface area contributed by atoms with Crippen molar-refractivity contribution in [3.63, 3.8) is 0 Å². The minimum Gasteiger partial charge on any atom is -0.479 e. The number of benzene rings is 3. The van der Waals surface area contributed by atoms with E-state index in [1.54, 1.807) is 131 Å². The second-order valence-corrected chi connectivity index (χ2v) is 35.0. The fourth-order valence-electron chi connectivity index (χ4n) is 13.6. The summed E-state index contributed by atoms with van der Waals surface area (Å²) in [6.07, 6.45) is 3.30. The van der Waals surface area contributed by atoms with E-state index in [1.807, 2.05) is 58.1 Å². The van der Waals surface area contributed by atoms with Crippen LogP contribution >= 0.6 is 0 Å². The molecule has 0 saturated carbocycles. The number of halogens is 9. The number of carbonyl (C=O) groups excluding carboxylic acids is 2. The number of esters is 2. The number of carboxylic acid groups (broad SMARTS) is 1. The standard InChI is InChI=1S/C27H32F3NO3.C26H30F3NO3.C23H31F3O3.C11H16BNO2/c1-25(2,3)34-23(24(32)33-6)22-20(27(28,29)30)8-7-19(17-11-15-31-16-12-17)21(22)18-9-13-26(4,5)14-10-18;1-24(2,3)33-22(23(31)32)21-19(26(27,28)29)7-6-18(16-10-14-30-15-11-16)20(21)17-8-12-25(4,5)13-9-17;1-14-8-9-16(23(24,25)26)18(19(20(27)28-7)29-21(2,3)4)17(14)15-10-12-22(5,6)13-11-15;1-10(2)11(3,4)15-12(14-10)9-5-7-13-8-6-9/h7-9,11-12,15-16,23H,10,13-14H2,1-6H3;6-8,10-11,14-15,22H,9,12-13H2,1-5H3,(H,31,32);8-10,19H,11-13H2,1-7H3;5-8H,1-4H3. The highest BCUT2D eigenvalue weighted by molar-refractivity contribution is 6.62. The van der Waals surface area contributed by atoms with Crippen LogP contribution in [0.15, 0.2) is 128 Å². The number of ether oxygens (including phenoxy) is 5. The molecule has 3 aromatic heterocycles. The highest BCUT2D eigenvalue weighted by Crippen LogP contribution is 2.52. The molecule has 6 aromatic rings. The highest BCUT2D eigenvalue weighted by Gasteiger charge is 2.52. The minimum absolute atomic E-state index is 0.0240. The molecule has 3 atom stereocenters. The van der Waals surface area contributed by atoms with E-state index in [9.17, 15) is 59.0 Å². The summed E-state index contributed by atoms with van der Waals surface area (Å²) in [4.78, 5) is 49.8. The van der Waals surface area contributed by atoms with Gasteiger partial charge in [0.1, 0.15) is 0 Å². The Morgan fingerprint density at radius 1 is 0.432 bits per heavy atom. The molecule has 1 saturated heterocycles. The molecular weight excluding hydrogens is 1440 g/mol. The van der Waals surface area contributed by atoms with Crippen LogP contribution in [0, 0.1) is 23.2 Å². The monoisotopic (exact) mass is 1550 g/mol. The molecule has 604 valence electrons. The lowest BCUT2D eigenvalue weighted by Gasteiger charge is -2.33. The molecule has 1 fully saturated rings. The summed E-state index contributed by atoms with van der Waals surface area (Å²) in [6, 6.07) is 18.2. The molecule has 3 aromatic carbocycles. The van der Waals surface area contributed by atoms with Gasteiger partial charge in [-0.3, -0.25) is 15.0 Å². The summed E-state index contributed by atoms with van der Waals surface area (Å²) in [5.74, 6) is -3.17. The SMILES string of the molecule is CC1(C)CC=C(c2c(-c3ccncc3)ccc(C(F)(F)F)c2C(OC(C)(C)C)C(=O)O)CC1.CC1(C)OB(c2ccncc2)OC1(C)C.COC(=O)C(OC(C)(C)C)c1c(C(F)(F)F)ccc(-c2ccncc2)c1C1=CCC(C)(C)CC1.COC(=O)C(OC(C)(C)C)c1c(C(F)(F)F)ccc(C)c1C1=CCC(C)(C)CC1. The molecule has 24 heteroatoms. The Balaban J connectivity index is 0.000000212. The largest absolute Gasteiger partial charge is 0.494 e. The van der Waals surface area contributed by atoms with Gasteiger partial charge in [-0.15, -0.1) is 0 Å². The lowest BCUT2D eigenvalue weighted by Crippen LogP contribution is -2.41. The summed E-state index contributed by atoms with van der Waals surface area (Å²) in [5.41, 5.74) is 1.15. The predicted molar refractivity (Wildman–Crippen MR) is 415 cm³/mol. The van der Waals surface area contributed by atoms with Crippen molar-refractivity contribution in [1.82, 2.24) is 15.0 Å². The topological polar surface area (TPSA) is 175 Å². The smallest absolute Gasteiger partial charge is 0.479 e. The molecule has 14 nitrogen and oxygen atoms in total. The van der Waals surface area contributed by atoms with Crippen LogP contribution in [-0.4, -0.2) is 87.3 Å². The van der Waals surface area contributed by atoms with Crippen molar-refractivity contribution in [2.45, 2.75) is 261 Å². The zero-order valence-electron chi connectivity index (χ0n) is 68.1. The fourth-order valence-corrected chi connectivity index (χ4v) is 13.6. The number of aryl methyl sites for hydroxylation is 1. The van der Waals surface area contributed by atoms with Gasteiger partial charge in [-0.25, -0.2) is 14.4 Å². The first-order chi connectivity index (χ1) is 51.0. The number of carbonyl (C=O) groups is 3. The number of allylic oxidation sites excluding steroid dienone is 6. The molecule has 0 radical (unpaired) electrons. The van der Waals surface area contributed by atoms with E-state index in [-0.39, 0.29) is 51.3 Å². The minimum atomic E-state index is -4.75. The first-order valence-corrected chi connectivity index (χ1v) is 37.3. The summed E-state index contributed by atoms with van der Waals surface area (Å²) >= 11 is 0. The molecule has 4 aliphatic rings. The molecule has 10 rings (SSSR count). The maximum atomic E-state index is 14.4. The lowest BCUT2D eigenvalue weighted by molar-refractivity contribution is -0.167. The average molecular weight is 1550 g/mol. The van der Waals surface area contributed by atoms with E-state index in [0.717, 1.165) is 81.1 Å². The first-order valence-electron chi connectivity index (χ1n) is 37.3. The van der Waals surface area contributed by atoms with Crippen molar-refractivity contribution in [2.75, 3.05) is 14.2 Å². The van der Waals surface area contributed by atoms with Crippen LogP contribution in [0.1, 0.15) is 263 Å². The number of alkyl halides is 9. The van der Waals surface area contributed by atoms with E-state index < -0.39 is 88.2 Å². The summed E-state index contributed by atoms with van der Waals surface area (Å²) in [5, 5.41) is 10.0. The van der Waals surface area contributed by atoms with Gasteiger partial charge in [-0.05, 0) is 292 Å². The van der Waals surface area contributed by atoms with Gasteiger partial charge in [-0.1, -0.05) is 78.0 Å². The maximum Gasteiger partial charge on any atom is 0.494 e. The number of hydrogen-bond donors (Lipinski definition) is 1. The van der Waals surface area contributed by atoms with Crippen molar-refractivity contribution in [2.24, 2.45) is 16.2 Å². The van der Waals surface area contributed by atoms with Crippen LogP contribution in [-0.2, 0) is 65.9 Å². The van der Waals surface area contributed by atoms with Crippen molar-refractivity contribution >= 4 is 47.2 Å². The first kappa shape index (κ1) is 90.2. The van der Waals surface area contributed by atoms with Crippen molar-refractivity contribution < 1.29 is 92.0 Å². The van der Waals surface area contributed by atoms with Crippen LogP contribution in [0.3, 0.4) is 0 Å². The Morgan fingerprint density at radius 2 is 0.721 bits per heavy atom. The molecule has 4 heterocycles. The van der Waals surface area contributed by atoms with Crippen LogP contribution in [0.5, 0.6) is 0 Å². The maximum absolute atomic E-state index is 14.4. The normalized spacial score (nSPS) is 18.3. The number of nitrogens with zero attached hydrogens (tertiary/aromatic N) is 3. The van der Waals surface area contributed by atoms with Gasteiger partial charge in [0.25, 0.3) is 0 Å². The molecule has 1 aliphatic heterocycles. The van der Waals surface area contributed by atoms with E-state index >= 15 is 0 Å². The third kappa shape index (κ3) is 23.8. The second kappa shape index (κ2) is 34.7. The van der Waals surface area contributed by atoms with Crippen LogP contribution in [0.2, 0.25) is 0 Å². The molecule has 111 heavy (non-hydrogen) atoms.